The van der Waals surface area contributed by atoms with E-state index in [9.17, 15) is 14.1 Å². The molecule has 0 fully saturated rings. The third-order valence-corrected chi connectivity index (χ3v) is 4.15. The number of aromatic carboxylic acids is 2. The number of hydrogen-bond acceptors (Lipinski definition) is 3. The van der Waals surface area contributed by atoms with Crippen molar-refractivity contribution in [3.63, 3.8) is 0 Å². The van der Waals surface area contributed by atoms with Crippen LogP contribution in [0.4, 0.5) is 0 Å². The molecule has 0 aliphatic rings. The predicted octanol–water partition coefficient (Wildman–Crippen LogP) is 1.33. The van der Waals surface area contributed by atoms with Crippen molar-refractivity contribution in [3.8, 4) is 0 Å². The summed E-state index contributed by atoms with van der Waals surface area (Å²) in [4.78, 5) is 22.4. The summed E-state index contributed by atoms with van der Waals surface area (Å²) in [7, 11) is 0. The predicted molar refractivity (Wildman–Crippen MR) is 80.0 cm³/mol. The maximum absolute atomic E-state index is 12.5. The minimum atomic E-state index is -1.87. The van der Waals surface area contributed by atoms with Gasteiger partial charge in [0, 0.05) is 11.2 Å². The molecule has 0 unspecified atom stereocenters. The fourth-order valence-corrected chi connectivity index (χ4v) is 3.08. The van der Waals surface area contributed by atoms with Crippen LogP contribution in [0.3, 0.4) is 0 Å². The number of carboxylic acids is 2. The Labute approximate surface area is 164 Å². The van der Waals surface area contributed by atoms with Crippen LogP contribution in [-0.2, 0) is 11.2 Å². The monoisotopic (exact) mass is 430 g/mol. The molecule has 0 aromatic heterocycles. The van der Waals surface area contributed by atoms with Gasteiger partial charge in [-0.2, -0.15) is 0 Å². The molecule has 0 saturated heterocycles. The van der Waals surface area contributed by atoms with Crippen LogP contribution >= 0.6 is 0 Å². The van der Waals surface area contributed by atoms with Crippen molar-refractivity contribution < 1.29 is 24.4 Å². The topological polar surface area (TPSA) is 97.7 Å². The third kappa shape index (κ3) is 4.13. The molecule has 2 aromatic rings. The first-order valence-corrected chi connectivity index (χ1v) is 6.73. The van der Waals surface area contributed by atoms with Crippen molar-refractivity contribution in [2.75, 3.05) is 0 Å². The van der Waals surface area contributed by atoms with Crippen LogP contribution in [0.25, 0.3) is 0 Å². The van der Waals surface area contributed by atoms with Crippen molar-refractivity contribution in [2.24, 2.45) is 0 Å². The van der Waals surface area contributed by atoms with E-state index in [1.165, 1.54) is 36.4 Å². The van der Waals surface area contributed by atoms with E-state index >= 15 is 0 Å². The van der Waals surface area contributed by atoms with Crippen LogP contribution in [0, 0.1) is 0 Å². The average Bonchev–Trinajstić information content (AvgIpc) is 2.46. The molecule has 0 aliphatic heterocycles. The Morgan fingerprint density at radius 1 is 0.810 bits per heavy atom. The minimum absolute atomic E-state index is 0. The molecule has 2 N–H and O–H groups in total. The zero-order valence-electron chi connectivity index (χ0n) is 10.1. The molecule has 0 saturated carbocycles. The van der Waals surface area contributed by atoms with Crippen molar-refractivity contribution >= 4 is 72.0 Å². The van der Waals surface area contributed by atoms with Gasteiger partial charge in [0.1, 0.15) is 11.1 Å². The van der Waals surface area contributed by atoms with Crippen molar-refractivity contribution in [1.82, 2.24) is 0 Å². The van der Waals surface area contributed by atoms with E-state index in [0.717, 1.165) is 0 Å². The molecule has 0 aliphatic carbocycles. The number of rotatable bonds is 4. The van der Waals surface area contributed by atoms with Gasteiger partial charge in [-0.25, -0.2) is 9.59 Å². The quantitative estimate of drug-likeness (QED) is 0.564. The van der Waals surface area contributed by atoms with Crippen LogP contribution in [0.2, 0.25) is 0 Å². The van der Waals surface area contributed by atoms with Gasteiger partial charge in [0.2, 0.25) is 0 Å². The molecular formula is C14H12BaO5S. The van der Waals surface area contributed by atoms with Gasteiger partial charge in [-0.1, -0.05) is 24.3 Å². The van der Waals surface area contributed by atoms with Gasteiger partial charge < -0.3 is 14.8 Å². The Hall–Kier alpha value is -0.739. The summed E-state index contributed by atoms with van der Waals surface area (Å²) in [5, 5.41) is 18.2. The molecule has 7 heteroatoms. The molecule has 0 heterocycles. The molecule has 0 atom stereocenters. The molecule has 5 nitrogen and oxygen atoms in total. The fourth-order valence-electron chi connectivity index (χ4n) is 1.73. The van der Waals surface area contributed by atoms with E-state index in [-0.39, 0.29) is 69.8 Å². The number of benzene rings is 2. The molecule has 0 spiro atoms. The zero-order chi connectivity index (χ0) is 14.7. The van der Waals surface area contributed by atoms with Crippen molar-refractivity contribution in [2.45, 2.75) is 9.79 Å². The second-order valence-corrected chi connectivity index (χ2v) is 5.29. The van der Waals surface area contributed by atoms with E-state index in [0.29, 0.717) is 0 Å². The molecular weight excluding hydrogens is 418 g/mol. The van der Waals surface area contributed by atoms with Crippen molar-refractivity contribution in [3.05, 3.63) is 59.7 Å². The van der Waals surface area contributed by atoms with E-state index in [4.69, 9.17) is 10.2 Å². The average molecular weight is 430 g/mol. The van der Waals surface area contributed by atoms with Gasteiger partial charge in [0.15, 0.2) is 9.79 Å². The maximum atomic E-state index is 12.5. The van der Waals surface area contributed by atoms with Crippen LogP contribution in [0.1, 0.15) is 20.7 Å². The Morgan fingerprint density at radius 3 is 1.48 bits per heavy atom. The standard InChI is InChI=1S/C14H10O5S.Ba.2H/c15-13(16)9-5-1-3-7-11(9)20(19)12-8-4-2-6-10(12)14(17)18;;;/h1-8H,(H,15,16)(H,17,18);;;. The van der Waals surface area contributed by atoms with Gasteiger partial charge in [0.25, 0.3) is 0 Å². The van der Waals surface area contributed by atoms with Crippen LogP contribution in [0.15, 0.2) is 58.3 Å². The Morgan fingerprint density at radius 2 is 1.14 bits per heavy atom. The summed E-state index contributed by atoms with van der Waals surface area (Å²) < 4.78 is 12.5. The summed E-state index contributed by atoms with van der Waals surface area (Å²) >= 11 is -1.87. The number of carbonyl (C=O) groups is 2. The van der Waals surface area contributed by atoms with E-state index in [1.54, 1.807) is 12.1 Å². The van der Waals surface area contributed by atoms with Crippen LogP contribution < -0.4 is 0 Å². The van der Waals surface area contributed by atoms with Crippen LogP contribution in [-0.4, -0.2) is 75.6 Å². The van der Waals surface area contributed by atoms with Gasteiger partial charge in [0.05, 0.1) is 0 Å². The molecule has 106 valence electrons. The van der Waals surface area contributed by atoms with E-state index in [1.807, 2.05) is 0 Å². The van der Waals surface area contributed by atoms with Crippen molar-refractivity contribution in [1.29, 1.82) is 0 Å². The van der Waals surface area contributed by atoms with Crippen LogP contribution in [0.5, 0.6) is 0 Å². The van der Waals surface area contributed by atoms with E-state index < -0.39 is 23.1 Å². The first-order chi connectivity index (χ1) is 9.52. The number of hydrogen-bond donors (Lipinski definition) is 2. The first kappa shape index (κ1) is 18.3. The first-order valence-electron chi connectivity index (χ1n) is 5.59. The SMILES string of the molecule is O=C(O)c1ccccc1[S+]([O-])c1ccccc1C(=O)O.[BaH2]. The van der Waals surface area contributed by atoms with Gasteiger partial charge in [-0.15, -0.1) is 0 Å². The third-order valence-electron chi connectivity index (χ3n) is 2.63. The second-order valence-electron chi connectivity index (χ2n) is 3.87. The molecule has 0 radical (unpaired) electrons. The Bertz CT molecular complexity index is 616. The van der Waals surface area contributed by atoms with Gasteiger partial charge in [-0.3, -0.25) is 0 Å². The molecule has 0 bridgehead atoms. The summed E-state index contributed by atoms with van der Waals surface area (Å²) in [5.41, 5.74) is -0.211. The zero-order valence-corrected chi connectivity index (χ0v) is 11.0. The number of carboxylic acid groups (broad SMARTS) is 2. The molecule has 0 amide bonds. The molecule has 2 aromatic carbocycles. The van der Waals surface area contributed by atoms with Gasteiger partial charge in [-0.05, 0) is 24.3 Å². The summed E-state index contributed by atoms with van der Waals surface area (Å²) in [5.74, 6) is -2.41. The summed E-state index contributed by atoms with van der Waals surface area (Å²) in [6.07, 6.45) is 0. The molecule has 21 heavy (non-hydrogen) atoms. The second kappa shape index (κ2) is 8.04. The Kier molecular flexibility index (Phi) is 7.01. The summed E-state index contributed by atoms with van der Waals surface area (Å²) in [6.45, 7) is 0. The van der Waals surface area contributed by atoms with E-state index in [2.05, 4.69) is 0 Å². The Balaban J connectivity index is 0.00000220. The molecule has 2 rings (SSSR count). The fraction of sp³-hybridized carbons (Fsp3) is 0. The normalized spacial score (nSPS) is 10.0. The summed E-state index contributed by atoms with van der Waals surface area (Å²) in [6, 6.07) is 11.7. The van der Waals surface area contributed by atoms with Gasteiger partial charge >= 0.3 is 60.8 Å².